The SMILES string of the molecule is Cc1ccc([C@@H](c2ccn3c(C(F)F)nnc3c2C)C(C)(C)C(=O)O)cc1CN1CC2(CCOCC2)Oc2nc(OCCN3CCOCC3)ccc2S1(O)O. The van der Waals surface area contributed by atoms with Gasteiger partial charge in [0.1, 0.15) is 17.1 Å². The number of carbonyl (C=O) groups is 1. The lowest BCUT2D eigenvalue weighted by Crippen LogP contribution is -2.49. The molecule has 0 bridgehead atoms. The summed E-state index contributed by atoms with van der Waals surface area (Å²) in [5.74, 6) is -1.87. The first kappa shape index (κ1) is 39.3. The molecule has 1 aromatic carbocycles. The van der Waals surface area contributed by atoms with E-state index >= 15 is 0 Å². The van der Waals surface area contributed by atoms with Crippen molar-refractivity contribution in [2.24, 2.45) is 5.41 Å². The quantitative estimate of drug-likeness (QED) is 0.160. The highest BCUT2D eigenvalue weighted by Crippen LogP contribution is 2.59. The Morgan fingerprint density at radius 1 is 1.04 bits per heavy atom. The highest BCUT2D eigenvalue weighted by molar-refractivity contribution is 8.22. The van der Waals surface area contributed by atoms with E-state index in [1.54, 1.807) is 43.3 Å². The van der Waals surface area contributed by atoms with Crippen molar-refractivity contribution in [3.8, 4) is 11.8 Å². The van der Waals surface area contributed by atoms with Crippen molar-refractivity contribution in [2.75, 3.05) is 59.2 Å². The highest BCUT2D eigenvalue weighted by atomic mass is 32.3. The van der Waals surface area contributed by atoms with Crippen LogP contribution in [0.3, 0.4) is 0 Å². The van der Waals surface area contributed by atoms with Gasteiger partial charge in [-0.05, 0) is 67.6 Å². The molecule has 0 unspecified atom stereocenters. The predicted molar refractivity (Wildman–Crippen MR) is 199 cm³/mol. The standard InChI is InChI=1S/C38H48F2N6O8S/c1-24-5-6-26(31(37(3,4)36(47)48)28-9-12-46-33(25(28)2)42-43-34(46)32(39)40)21-27(24)22-45-23-38(10-16-51-17-11-38)54-35-29(55(45,49)50)7-8-30(41-35)53-20-15-44-13-18-52-19-14-44/h5-9,12,21,31-32,49-50H,10-11,13-20,22-23H2,1-4H3,(H,47,48)/t31-/m0/s1. The minimum atomic E-state index is -3.67. The fourth-order valence-corrected chi connectivity index (χ4v) is 9.32. The Bertz CT molecular complexity index is 2040. The van der Waals surface area contributed by atoms with Crippen LogP contribution in [0.4, 0.5) is 8.78 Å². The van der Waals surface area contributed by atoms with Crippen LogP contribution in [-0.4, -0.2) is 114 Å². The number of nitrogens with zero attached hydrogens (tertiary/aromatic N) is 6. The topological polar surface area (TPSA) is 164 Å². The molecule has 6 heterocycles. The number of pyridine rings is 2. The molecule has 2 fully saturated rings. The molecular weight excluding hydrogens is 739 g/mol. The predicted octanol–water partition coefficient (Wildman–Crippen LogP) is 6.10. The number of ether oxygens (including phenoxy) is 4. The van der Waals surface area contributed by atoms with E-state index in [9.17, 15) is 27.8 Å². The number of aliphatic carboxylic acids is 1. The normalized spacial score (nSPS) is 20.2. The van der Waals surface area contributed by atoms with E-state index in [0.717, 1.165) is 24.2 Å². The van der Waals surface area contributed by atoms with Crippen molar-refractivity contribution in [2.45, 2.75) is 69.9 Å². The number of morpholine rings is 1. The molecule has 298 valence electrons. The lowest BCUT2D eigenvalue weighted by Gasteiger charge is -2.44. The number of alkyl halides is 2. The molecule has 0 saturated carbocycles. The average Bonchev–Trinajstić information content (AvgIpc) is 3.57. The van der Waals surface area contributed by atoms with Gasteiger partial charge >= 0.3 is 5.97 Å². The Balaban J connectivity index is 1.23. The molecule has 1 atom stereocenters. The van der Waals surface area contributed by atoms with Crippen molar-refractivity contribution in [3.63, 3.8) is 0 Å². The summed E-state index contributed by atoms with van der Waals surface area (Å²) in [5, 5.41) is 18.2. The second-order valence-electron chi connectivity index (χ2n) is 15.1. The smallest absolute Gasteiger partial charge is 0.310 e. The van der Waals surface area contributed by atoms with Crippen LogP contribution in [0.15, 0.2) is 47.5 Å². The number of aromatic nitrogens is 4. The van der Waals surface area contributed by atoms with Crippen LogP contribution in [-0.2, 0) is 20.8 Å². The molecule has 1 spiro atoms. The summed E-state index contributed by atoms with van der Waals surface area (Å²) < 4.78 is 78.2. The Hall–Kier alpha value is -3.97. The number of benzene rings is 1. The molecule has 3 aliphatic heterocycles. The van der Waals surface area contributed by atoms with Gasteiger partial charge in [0.15, 0.2) is 5.65 Å². The van der Waals surface area contributed by atoms with Gasteiger partial charge in [-0.15, -0.1) is 21.0 Å². The van der Waals surface area contributed by atoms with Crippen molar-refractivity contribution in [3.05, 3.63) is 76.2 Å². The van der Waals surface area contributed by atoms with Crippen LogP contribution in [0.1, 0.15) is 72.7 Å². The van der Waals surface area contributed by atoms with Gasteiger partial charge in [-0.3, -0.25) is 23.2 Å². The monoisotopic (exact) mass is 786 g/mol. The number of halogens is 2. The van der Waals surface area contributed by atoms with Crippen molar-refractivity contribution >= 4 is 22.4 Å². The van der Waals surface area contributed by atoms with Gasteiger partial charge < -0.3 is 24.1 Å². The van der Waals surface area contributed by atoms with Crippen molar-refractivity contribution < 1.29 is 46.7 Å². The zero-order valence-corrected chi connectivity index (χ0v) is 32.2. The first-order chi connectivity index (χ1) is 26.2. The van der Waals surface area contributed by atoms with Crippen LogP contribution in [0, 0.1) is 19.3 Å². The minimum Gasteiger partial charge on any atom is -0.481 e. The Morgan fingerprint density at radius 3 is 2.47 bits per heavy atom. The van der Waals surface area contributed by atoms with E-state index in [-0.39, 0.29) is 29.5 Å². The van der Waals surface area contributed by atoms with Gasteiger partial charge in [0.25, 0.3) is 6.43 Å². The second-order valence-corrected chi connectivity index (χ2v) is 17.1. The van der Waals surface area contributed by atoms with E-state index in [1.807, 2.05) is 25.1 Å². The Labute approximate surface area is 319 Å². The van der Waals surface area contributed by atoms with Crippen LogP contribution in [0.5, 0.6) is 11.8 Å². The number of carboxylic acid groups (broad SMARTS) is 1. The summed E-state index contributed by atoms with van der Waals surface area (Å²) in [5.41, 5.74) is 1.38. The number of carboxylic acids is 1. The van der Waals surface area contributed by atoms with E-state index in [4.69, 9.17) is 18.9 Å². The molecule has 4 aromatic rings. The number of hydrogen-bond donors (Lipinski definition) is 3. The summed E-state index contributed by atoms with van der Waals surface area (Å²) in [6.45, 7) is 12.1. The third-order valence-corrected chi connectivity index (χ3v) is 13.0. The summed E-state index contributed by atoms with van der Waals surface area (Å²) in [7, 11) is -3.67. The van der Waals surface area contributed by atoms with Crippen molar-refractivity contribution in [1.29, 1.82) is 0 Å². The fourth-order valence-electron chi connectivity index (χ4n) is 7.73. The fraction of sp³-hybridized carbons (Fsp3) is 0.526. The zero-order chi connectivity index (χ0) is 39.1. The molecule has 2 saturated heterocycles. The zero-order valence-electron chi connectivity index (χ0n) is 31.4. The number of rotatable bonds is 11. The number of aryl methyl sites for hydroxylation is 2. The summed E-state index contributed by atoms with van der Waals surface area (Å²) >= 11 is 0. The minimum absolute atomic E-state index is 0.0887. The van der Waals surface area contributed by atoms with E-state index in [0.29, 0.717) is 75.0 Å². The average molecular weight is 787 g/mol. The molecular formula is C38H48F2N6O8S. The highest BCUT2D eigenvalue weighted by Gasteiger charge is 2.46. The third kappa shape index (κ3) is 7.75. The molecule has 3 aromatic heterocycles. The summed E-state index contributed by atoms with van der Waals surface area (Å²) in [6, 6.07) is 10.5. The van der Waals surface area contributed by atoms with Crippen LogP contribution in [0.25, 0.3) is 5.65 Å². The van der Waals surface area contributed by atoms with E-state index in [2.05, 4.69) is 20.1 Å². The maximum atomic E-state index is 13.7. The molecule has 3 aliphatic rings. The van der Waals surface area contributed by atoms with Crippen LogP contribution in [0.2, 0.25) is 0 Å². The molecule has 0 aliphatic carbocycles. The van der Waals surface area contributed by atoms with Crippen LogP contribution < -0.4 is 9.47 Å². The molecule has 17 heteroatoms. The first-order valence-corrected chi connectivity index (χ1v) is 19.9. The van der Waals surface area contributed by atoms with Gasteiger partial charge in [0.05, 0.1) is 38.4 Å². The molecule has 0 amide bonds. The maximum Gasteiger partial charge on any atom is 0.310 e. The molecule has 14 nitrogen and oxygen atoms in total. The van der Waals surface area contributed by atoms with Crippen molar-refractivity contribution in [1.82, 2.24) is 28.8 Å². The van der Waals surface area contributed by atoms with Gasteiger partial charge in [-0.2, -0.15) is 9.29 Å². The Morgan fingerprint density at radius 2 is 1.76 bits per heavy atom. The number of fused-ring (bicyclic) bond motifs is 2. The molecule has 55 heavy (non-hydrogen) atoms. The largest absolute Gasteiger partial charge is 0.481 e. The van der Waals surface area contributed by atoms with E-state index < -0.39 is 45.9 Å². The summed E-state index contributed by atoms with van der Waals surface area (Å²) in [4.78, 5) is 19.9. The lowest BCUT2D eigenvalue weighted by atomic mass is 9.70. The molecule has 7 rings (SSSR count). The van der Waals surface area contributed by atoms with Gasteiger partial charge in [-0.25, -0.2) is 8.78 Å². The van der Waals surface area contributed by atoms with Crippen LogP contribution >= 0.6 is 10.8 Å². The second kappa shape index (κ2) is 15.5. The van der Waals surface area contributed by atoms with Gasteiger partial charge in [0, 0.05) is 57.2 Å². The molecule has 0 radical (unpaired) electrons. The first-order valence-electron chi connectivity index (χ1n) is 18.4. The van der Waals surface area contributed by atoms with Gasteiger partial charge in [-0.1, -0.05) is 18.2 Å². The Kier molecular flexibility index (Phi) is 11.1. The number of hydrogen-bond acceptors (Lipinski definition) is 12. The molecule has 3 N–H and O–H groups in total. The van der Waals surface area contributed by atoms with Gasteiger partial charge in [0.2, 0.25) is 17.6 Å². The third-order valence-electron chi connectivity index (χ3n) is 11.1. The lowest BCUT2D eigenvalue weighted by molar-refractivity contribution is -0.147. The summed E-state index contributed by atoms with van der Waals surface area (Å²) in [6.07, 6.45) is -0.404. The maximum absolute atomic E-state index is 13.7. The van der Waals surface area contributed by atoms with E-state index in [1.165, 1.54) is 10.6 Å².